The number of rotatable bonds is 9. The van der Waals surface area contributed by atoms with E-state index in [0.29, 0.717) is 39.2 Å². The second-order valence-corrected chi connectivity index (χ2v) is 12.1. The monoisotopic (exact) mass is 647 g/mol. The predicted octanol–water partition coefficient (Wildman–Crippen LogP) is 7.45. The van der Waals surface area contributed by atoms with Crippen molar-refractivity contribution in [1.82, 2.24) is 14.9 Å². The fourth-order valence-corrected chi connectivity index (χ4v) is 6.91. The van der Waals surface area contributed by atoms with E-state index in [1.54, 1.807) is 54.6 Å². The van der Waals surface area contributed by atoms with Crippen molar-refractivity contribution in [2.45, 2.75) is 69.1 Å². The summed E-state index contributed by atoms with van der Waals surface area (Å²) in [7, 11) is 0. The smallest absolute Gasteiger partial charge is 0.330 e. The van der Waals surface area contributed by atoms with Crippen LogP contribution in [0.2, 0.25) is 0 Å². The van der Waals surface area contributed by atoms with E-state index in [4.69, 9.17) is 0 Å². The molecular formula is C34H32F7N3O2. The van der Waals surface area contributed by atoms with Gasteiger partial charge in [0.15, 0.2) is 0 Å². The van der Waals surface area contributed by atoms with Crippen molar-refractivity contribution >= 4 is 11.8 Å². The predicted molar refractivity (Wildman–Crippen MR) is 156 cm³/mol. The molecule has 6 rings (SSSR count). The molecule has 3 aromatic rings. The lowest BCUT2D eigenvalue weighted by Gasteiger charge is -2.39. The van der Waals surface area contributed by atoms with Crippen molar-refractivity contribution < 1.29 is 40.3 Å². The van der Waals surface area contributed by atoms with E-state index in [9.17, 15) is 31.5 Å². The van der Waals surface area contributed by atoms with Gasteiger partial charge in [0.25, 0.3) is 5.91 Å². The Hall–Kier alpha value is -3.93. The Bertz CT molecular complexity index is 1660. The molecular weight excluding hydrogens is 615 g/mol. The molecule has 2 aliphatic heterocycles. The molecule has 1 fully saturated rings. The van der Waals surface area contributed by atoms with Gasteiger partial charge in [0.05, 0.1) is 5.92 Å². The number of alkyl halides is 7. The van der Waals surface area contributed by atoms with Crippen LogP contribution in [0, 0.1) is 0 Å². The van der Waals surface area contributed by atoms with Crippen LogP contribution in [0.5, 0.6) is 0 Å². The van der Waals surface area contributed by atoms with E-state index in [1.165, 1.54) is 4.90 Å². The number of carbonyl (C=O) groups excluding carboxylic acids is 2. The van der Waals surface area contributed by atoms with Crippen LogP contribution in [0.4, 0.5) is 30.7 Å². The van der Waals surface area contributed by atoms with Gasteiger partial charge in [0.1, 0.15) is 6.54 Å². The van der Waals surface area contributed by atoms with Crippen LogP contribution >= 0.6 is 0 Å². The van der Waals surface area contributed by atoms with Gasteiger partial charge in [-0.2, -0.15) is 30.7 Å². The maximum Gasteiger partial charge on any atom is 0.459 e. The molecule has 0 radical (unpaired) electrons. The first-order valence-corrected chi connectivity index (χ1v) is 15.3. The quantitative estimate of drug-likeness (QED) is 0.227. The molecule has 2 heterocycles. The van der Waals surface area contributed by atoms with Crippen molar-refractivity contribution in [3.63, 3.8) is 0 Å². The average Bonchev–Trinajstić information content (AvgIpc) is 3.72. The van der Waals surface area contributed by atoms with Gasteiger partial charge >= 0.3 is 18.0 Å². The molecule has 3 aromatic carbocycles. The van der Waals surface area contributed by atoms with E-state index in [2.05, 4.69) is 0 Å². The fourth-order valence-electron chi connectivity index (χ4n) is 6.91. The molecule has 0 N–H and O–H groups in total. The zero-order valence-corrected chi connectivity index (χ0v) is 25.0. The third kappa shape index (κ3) is 5.24. The number of nitrogens with zero attached hydrogens (tertiary/aromatic N) is 3. The van der Waals surface area contributed by atoms with Crippen LogP contribution in [0.3, 0.4) is 0 Å². The normalized spacial score (nSPS) is 19.7. The van der Waals surface area contributed by atoms with Gasteiger partial charge in [-0.3, -0.25) is 14.6 Å². The summed E-state index contributed by atoms with van der Waals surface area (Å²) in [5.41, 5.74) is 4.37. The highest BCUT2D eigenvalue weighted by Crippen LogP contribution is 2.50. The van der Waals surface area contributed by atoms with Gasteiger partial charge < -0.3 is 4.90 Å². The topological polar surface area (TPSA) is 43.9 Å². The van der Waals surface area contributed by atoms with Crippen molar-refractivity contribution in [3.05, 3.63) is 94.5 Å². The Morgan fingerprint density at radius 3 is 2.26 bits per heavy atom. The van der Waals surface area contributed by atoms with Gasteiger partial charge in [-0.15, -0.1) is 0 Å². The number of fused-ring (bicyclic) bond motifs is 4. The van der Waals surface area contributed by atoms with Crippen LogP contribution in [0.1, 0.15) is 64.7 Å². The van der Waals surface area contributed by atoms with E-state index in [0.717, 1.165) is 29.0 Å². The maximum atomic E-state index is 15.2. The van der Waals surface area contributed by atoms with E-state index in [-0.39, 0.29) is 32.0 Å². The van der Waals surface area contributed by atoms with Crippen LogP contribution in [0.15, 0.2) is 66.7 Å². The lowest BCUT2D eigenvalue weighted by atomic mass is 9.89. The molecule has 3 aliphatic rings. The van der Waals surface area contributed by atoms with Crippen molar-refractivity contribution in [2.75, 3.05) is 19.6 Å². The number of hydrogen-bond acceptors (Lipinski definition) is 3. The minimum absolute atomic E-state index is 0.108. The highest BCUT2D eigenvalue weighted by molar-refractivity contribution is 5.99. The molecule has 2 amide bonds. The Balaban J connectivity index is 1.39. The summed E-state index contributed by atoms with van der Waals surface area (Å²) in [4.78, 5) is 29.2. The van der Waals surface area contributed by atoms with Crippen molar-refractivity contribution in [1.29, 1.82) is 0 Å². The molecule has 5 nitrogen and oxygen atoms in total. The van der Waals surface area contributed by atoms with Crippen LogP contribution in [-0.2, 0) is 17.8 Å². The molecule has 2 unspecified atom stereocenters. The second kappa shape index (κ2) is 11.7. The Morgan fingerprint density at radius 1 is 0.891 bits per heavy atom. The fraction of sp³-hybridized carbons (Fsp3) is 0.412. The zero-order valence-electron chi connectivity index (χ0n) is 25.0. The molecule has 2 atom stereocenters. The lowest BCUT2D eigenvalue weighted by molar-refractivity contribution is -0.358. The molecule has 1 saturated heterocycles. The summed E-state index contributed by atoms with van der Waals surface area (Å²) >= 11 is 0. The summed E-state index contributed by atoms with van der Waals surface area (Å²) in [6.07, 6.45) is -4.21. The summed E-state index contributed by atoms with van der Waals surface area (Å²) in [6.45, 7) is -0.280. The largest absolute Gasteiger partial charge is 0.459 e. The molecule has 244 valence electrons. The SMILES string of the molecule is CCCCc1cccc2c1C(C(=O)N(CC(F)(F)C(F)(F)C(F)(F)F)N1CCC(N3Cc4ccccc4C3=O)C1)c1ccccc1-2. The highest BCUT2D eigenvalue weighted by Gasteiger charge is 2.73. The van der Waals surface area contributed by atoms with E-state index in [1.807, 2.05) is 19.1 Å². The minimum Gasteiger partial charge on any atom is -0.330 e. The third-order valence-corrected chi connectivity index (χ3v) is 9.29. The summed E-state index contributed by atoms with van der Waals surface area (Å²) in [6, 6.07) is 18.6. The number of hydrazine groups is 1. The number of benzene rings is 3. The van der Waals surface area contributed by atoms with Crippen molar-refractivity contribution in [2.24, 2.45) is 0 Å². The van der Waals surface area contributed by atoms with Gasteiger partial charge in [-0.05, 0) is 58.7 Å². The average molecular weight is 648 g/mol. The standard InChI is InChI=1S/C34H32F7N3O2/c1-2-3-9-21-11-8-15-26-25-13-6-7-14-27(25)29(28(21)26)31(46)44(20-32(35,36)33(37,38)34(39,40)41)42-17-16-23(19-42)43-18-22-10-4-5-12-24(22)30(43)45/h4-8,10-15,23,29H,2-3,9,16-20H2,1H3. The first kappa shape index (κ1) is 32.0. The Morgan fingerprint density at radius 2 is 1.57 bits per heavy atom. The summed E-state index contributed by atoms with van der Waals surface area (Å²) < 4.78 is 98.8. The molecule has 0 spiro atoms. The number of aryl methyl sites for hydroxylation is 1. The molecule has 46 heavy (non-hydrogen) atoms. The number of hydrogen-bond donors (Lipinski definition) is 0. The molecule has 0 bridgehead atoms. The summed E-state index contributed by atoms with van der Waals surface area (Å²) in [5, 5.41) is 1.50. The van der Waals surface area contributed by atoms with Gasteiger partial charge in [-0.1, -0.05) is 74.0 Å². The molecule has 12 heteroatoms. The number of amides is 2. The third-order valence-electron chi connectivity index (χ3n) is 9.29. The number of unbranched alkanes of at least 4 members (excludes halogenated alkanes) is 1. The maximum absolute atomic E-state index is 15.2. The Labute approximate surface area is 261 Å². The first-order chi connectivity index (χ1) is 21.8. The van der Waals surface area contributed by atoms with E-state index >= 15 is 8.78 Å². The number of halogens is 7. The van der Waals surface area contributed by atoms with Gasteiger partial charge in [0, 0.05) is 31.2 Å². The molecule has 1 aliphatic carbocycles. The van der Waals surface area contributed by atoms with E-state index < -0.39 is 42.4 Å². The van der Waals surface area contributed by atoms with Crippen molar-refractivity contribution in [3.8, 4) is 11.1 Å². The minimum atomic E-state index is -6.55. The zero-order chi connectivity index (χ0) is 33.0. The molecule has 0 saturated carbocycles. The Kier molecular flexibility index (Phi) is 8.15. The van der Waals surface area contributed by atoms with Crippen LogP contribution in [0.25, 0.3) is 11.1 Å². The molecule has 0 aromatic heterocycles. The second-order valence-electron chi connectivity index (χ2n) is 12.1. The van der Waals surface area contributed by atoms with Crippen LogP contribution < -0.4 is 0 Å². The van der Waals surface area contributed by atoms with Gasteiger partial charge in [0.2, 0.25) is 5.91 Å². The van der Waals surface area contributed by atoms with Gasteiger partial charge in [-0.25, -0.2) is 5.01 Å². The summed E-state index contributed by atoms with van der Waals surface area (Å²) in [5.74, 6) is -14.6. The first-order valence-electron chi connectivity index (χ1n) is 15.3. The number of carbonyl (C=O) groups is 2. The van der Waals surface area contributed by atoms with Crippen LogP contribution in [-0.4, -0.2) is 70.4 Å². The highest BCUT2D eigenvalue weighted by atomic mass is 19.4. The lowest BCUT2D eigenvalue weighted by Crippen LogP contribution is -2.61.